The van der Waals surface area contributed by atoms with Gasteiger partial charge in [0.1, 0.15) is 23.4 Å². The van der Waals surface area contributed by atoms with Crippen molar-refractivity contribution in [3.63, 3.8) is 0 Å². The molecule has 5 heteroatoms. The molecule has 0 saturated heterocycles. The van der Waals surface area contributed by atoms with Gasteiger partial charge in [0.15, 0.2) is 0 Å². The first-order chi connectivity index (χ1) is 13.1. The lowest BCUT2D eigenvalue weighted by Gasteiger charge is -2.30. The maximum absolute atomic E-state index is 13.2. The third-order valence-corrected chi connectivity index (χ3v) is 5.10. The Balaban J connectivity index is 2.04. The van der Waals surface area contributed by atoms with E-state index in [-0.39, 0.29) is 17.8 Å². The van der Waals surface area contributed by atoms with E-state index >= 15 is 0 Å². The van der Waals surface area contributed by atoms with E-state index in [0.29, 0.717) is 30.8 Å². The Bertz CT molecular complexity index is 896. The average Bonchev–Trinajstić information content (AvgIpc) is 2.71. The summed E-state index contributed by atoms with van der Waals surface area (Å²) >= 11 is 0. The fraction of sp³-hybridized carbons (Fsp3) is 0.364. The summed E-state index contributed by atoms with van der Waals surface area (Å²) in [6.07, 6.45) is 1.70. The van der Waals surface area contributed by atoms with Gasteiger partial charge in [-0.2, -0.15) is 10.5 Å². The van der Waals surface area contributed by atoms with Gasteiger partial charge in [0.05, 0.1) is 31.1 Å². The zero-order chi connectivity index (χ0) is 19.4. The monoisotopic (exact) mass is 364 g/mol. The number of nitriles is 2. The van der Waals surface area contributed by atoms with Crippen molar-refractivity contribution >= 4 is 0 Å². The molecule has 0 N–H and O–H groups in total. The quantitative estimate of drug-likeness (QED) is 0.744. The highest BCUT2D eigenvalue weighted by Crippen LogP contribution is 2.45. The van der Waals surface area contributed by atoms with Gasteiger partial charge in [-0.1, -0.05) is 19.1 Å². The first-order valence-electron chi connectivity index (χ1n) is 9.04. The van der Waals surface area contributed by atoms with Crippen molar-refractivity contribution in [3.8, 4) is 23.6 Å². The highest BCUT2D eigenvalue weighted by molar-refractivity contribution is 5.54. The van der Waals surface area contributed by atoms with Gasteiger partial charge in [0.2, 0.25) is 0 Å². The van der Waals surface area contributed by atoms with Crippen molar-refractivity contribution < 1.29 is 13.9 Å². The fourth-order valence-corrected chi connectivity index (χ4v) is 3.70. The van der Waals surface area contributed by atoms with Gasteiger partial charge in [0, 0.05) is 11.1 Å². The molecule has 1 aliphatic carbocycles. The van der Waals surface area contributed by atoms with Crippen LogP contribution in [0.3, 0.4) is 0 Å². The summed E-state index contributed by atoms with van der Waals surface area (Å²) in [6.45, 7) is 1.99. The number of hydrogen-bond donors (Lipinski definition) is 0. The Labute approximate surface area is 158 Å². The van der Waals surface area contributed by atoms with Gasteiger partial charge in [-0.05, 0) is 49.1 Å². The summed E-state index contributed by atoms with van der Waals surface area (Å²) in [4.78, 5) is 0. The van der Waals surface area contributed by atoms with Gasteiger partial charge < -0.3 is 9.47 Å². The molecule has 0 saturated carbocycles. The van der Waals surface area contributed by atoms with Gasteiger partial charge in [-0.15, -0.1) is 0 Å². The van der Waals surface area contributed by atoms with Crippen molar-refractivity contribution in [2.75, 3.05) is 7.11 Å². The lowest BCUT2D eigenvalue weighted by atomic mass is 9.75. The lowest BCUT2D eigenvalue weighted by Crippen LogP contribution is -2.21. The minimum atomic E-state index is -0.561. The first kappa shape index (κ1) is 18.7. The predicted octanol–water partition coefficient (Wildman–Crippen LogP) is 5.06. The molecule has 2 aromatic carbocycles. The lowest BCUT2D eigenvalue weighted by molar-refractivity contribution is 0.197. The molecule has 2 aromatic rings. The molecule has 0 heterocycles. The Hall–Kier alpha value is -3.05. The summed E-state index contributed by atoms with van der Waals surface area (Å²) in [6, 6.07) is 14.4. The van der Waals surface area contributed by atoms with Crippen LogP contribution in [-0.4, -0.2) is 7.11 Å². The van der Waals surface area contributed by atoms with E-state index in [1.54, 1.807) is 25.3 Å². The van der Waals surface area contributed by atoms with Crippen molar-refractivity contribution in [2.24, 2.45) is 5.92 Å². The van der Waals surface area contributed by atoms with Crippen LogP contribution in [0.2, 0.25) is 0 Å². The molecule has 138 valence electrons. The molecule has 0 aliphatic heterocycles. The number of rotatable bonds is 5. The van der Waals surface area contributed by atoms with Gasteiger partial charge in [-0.25, -0.2) is 4.39 Å². The van der Waals surface area contributed by atoms with E-state index < -0.39 is 5.92 Å². The van der Waals surface area contributed by atoms with Gasteiger partial charge in [0.25, 0.3) is 0 Å². The van der Waals surface area contributed by atoms with Crippen LogP contribution in [0, 0.1) is 34.4 Å². The minimum absolute atomic E-state index is 0.273. The van der Waals surface area contributed by atoms with Crippen molar-refractivity contribution in [1.29, 1.82) is 10.5 Å². The number of methoxy groups -OCH3 is 1. The molecule has 0 spiro atoms. The molecule has 27 heavy (non-hydrogen) atoms. The van der Waals surface area contributed by atoms with Crippen LogP contribution in [-0.2, 0) is 6.42 Å². The van der Waals surface area contributed by atoms with Gasteiger partial charge >= 0.3 is 0 Å². The van der Waals surface area contributed by atoms with Crippen LogP contribution in [0.25, 0.3) is 0 Å². The van der Waals surface area contributed by atoms with Crippen LogP contribution in [0.15, 0.2) is 36.4 Å². The summed E-state index contributed by atoms with van der Waals surface area (Å²) < 4.78 is 25.0. The van der Waals surface area contributed by atoms with Crippen molar-refractivity contribution in [1.82, 2.24) is 0 Å². The van der Waals surface area contributed by atoms with Crippen molar-refractivity contribution in [3.05, 3.63) is 58.9 Å². The van der Waals surface area contributed by atoms with Crippen LogP contribution >= 0.6 is 0 Å². The van der Waals surface area contributed by atoms with E-state index in [9.17, 15) is 14.9 Å². The molecule has 0 radical (unpaired) electrons. The molecule has 0 fully saturated rings. The topological polar surface area (TPSA) is 66.0 Å². The highest BCUT2D eigenvalue weighted by atomic mass is 19.1. The van der Waals surface area contributed by atoms with E-state index in [0.717, 1.165) is 16.7 Å². The standard InChI is InChI=1S/C22H21FN2O2/c1-3-19(14-4-7-16(23)8-5-14)27-21-11-10-20(26-2)17-9-6-15(12-24)18(13-25)22(17)21/h4-5,7-8,10-11,15,18-19H,3,6,9H2,1-2H3. The predicted molar refractivity (Wildman–Crippen MR) is 98.8 cm³/mol. The molecule has 1 aliphatic rings. The second kappa shape index (κ2) is 8.10. The Morgan fingerprint density at radius 3 is 2.41 bits per heavy atom. The highest BCUT2D eigenvalue weighted by Gasteiger charge is 2.35. The first-order valence-corrected chi connectivity index (χ1v) is 9.04. The Morgan fingerprint density at radius 1 is 1.11 bits per heavy atom. The zero-order valence-corrected chi connectivity index (χ0v) is 15.4. The number of halogens is 1. The molecule has 0 amide bonds. The number of fused-ring (bicyclic) bond motifs is 1. The van der Waals surface area contributed by atoms with E-state index in [1.807, 2.05) is 13.0 Å². The zero-order valence-electron chi connectivity index (χ0n) is 15.4. The number of nitrogens with zero attached hydrogens (tertiary/aromatic N) is 2. The number of hydrogen-bond acceptors (Lipinski definition) is 4. The van der Waals surface area contributed by atoms with Crippen LogP contribution < -0.4 is 9.47 Å². The average molecular weight is 364 g/mol. The van der Waals surface area contributed by atoms with E-state index in [2.05, 4.69) is 12.1 Å². The maximum Gasteiger partial charge on any atom is 0.125 e. The molecule has 0 bridgehead atoms. The van der Waals surface area contributed by atoms with Crippen LogP contribution in [0.1, 0.15) is 48.5 Å². The van der Waals surface area contributed by atoms with E-state index in [1.165, 1.54) is 12.1 Å². The van der Waals surface area contributed by atoms with Crippen LogP contribution in [0.5, 0.6) is 11.5 Å². The molecular weight excluding hydrogens is 343 g/mol. The summed E-state index contributed by atoms with van der Waals surface area (Å²) in [5.41, 5.74) is 2.54. The smallest absolute Gasteiger partial charge is 0.125 e. The second-order valence-corrected chi connectivity index (χ2v) is 6.61. The minimum Gasteiger partial charge on any atom is -0.496 e. The molecule has 0 aromatic heterocycles. The Kier molecular flexibility index (Phi) is 5.62. The fourth-order valence-electron chi connectivity index (χ4n) is 3.70. The second-order valence-electron chi connectivity index (χ2n) is 6.61. The maximum atomic E-state index is 13.2. The molecule has 3 rings (SSSR count). The summed E-state index contributed by atoms with van der Waals surface area (Å²) in [5.74, 6) is 0.0755. The van der Waals surface area contributed by atoms with Crippen LogP contribution in [0.4, 0.5) is 4.39 Å². The summed E-state index contributed by atoms with van der Waals surface area (Å²) in [5, 5.41) is 19.2. The van der Waals surface area contributed by atoms with Crippen molar-refractivity contribution in [2.45, 2.75) is 38.2 Å². The normalized spacial score (nSPS) is 19.3. The number of benzene rings is 2. The molecule has 4 nitrogen and oxygen atoms in total. The molecular formula is C22H21FN2O2. The van der Waals surface area contributed by atoms with Gasteiger partial charge in [-0.3, -0.25) is 0 Å². The summed E-state index contributed by atoms with van der Waals surface area (Å²) in [7, 11) is 1.60. The largest absolute Gasteiger partial charge is 0.496 e. The Morgan fingerprint density at radius 2 is 1.81 bits per heavy atom. The third-order valence-electron chi connectivity index (χ3n) is 5.10. The van der Waals surface area contributed by atoms with E-state index in [4.69, 9.17) is 9.47 Å². The number of ether oxygens (including phenoxy) is 2. The third kappa shape index (κ3) is 3.59. The SMILES string of the molecule is CCC(Oc1ccc(OC)c2c1C(C#N)C(C#N)CC2)c1ccc(F)cc1. The molecule has 3 atom stereocenters. The molecule has 3 unspecified atom stereocenters.